The van der Waals surface area contributed by atoms with Crippen molar-refractivity contribution < 1.29 is 24.5 Å². The van der Waals surface area contributed by atoms with Gasteiger partial charge in [0.25, 0.3) is 11.7 Å². The third-order valence-electron chi connectivity index (χ3n) is 6.72. The summed E-state index contributed by atoms with van der Waals surface area (Å²) in [5.74, 6) is -1.11. The fourth-order valence-corrected chi connectivity index (χ4v) is 4.83. The first kappa shape index (κ1) is 25.8. The van der Waals surface area contributed by atoms with Crippen LogP contribution >= 0.6 is 0 Å². The second-order valence-electron chi connectivity index (χ2n) is 9.54. The first-order chi connectivity index (χ1) is 18.9. The number of aryl methyl sites for hydroxylation is 2. The summed E-state index contributed by atoms with van der Waals surface area (Å²) in [7, 11) is 0. The summed E-state index contributed by atoms with van der Waals surface area (Å²) in [4.78, 5) is 31.9. The van der Waals surface area contributed by atoms with E-state index >= 15 is 0 Å². The predicted octanol–water partition coefficient (Wildman–Crippen LogP) is 4.99. The van der Waals surface area contributed by atoms with Gasteiger partial charge in [0, 0.05) is 31.0 Å². The lowest BCUT2D eigenvalue weighted by atomic mass is 9.95. The van der Waals surface area contributed by atoms with E-state index in [4.69, 9.17) is 4.74 Å². The monoisotopic (exact) mass is 523 g/mol. The van der Waals surface area contributed by atoms with E-state index in [-0.39, 0.29) is 23.6 Å². The van der Waals surface area contributed by atoms with E-state index in [1.165, 1.54) is 17.0 Å². The van der Waals surface area contributed by atoms with Crippen molar-refractivity contribution in [1.82, 2.24) is 14.5 Å². The van der Waals surface area contributed by atoms with Crippen molar-refractivity contribution in [2.75, 3.05) is 6.54 Å². The molecule has 0 radical (unpaired) electrons. The first-order valence-corrected chi connectivity index (χ1v) is 12.7. The van der Waals surface area contributed by atoms with Gasteiger partial charge >= 0.3 is 0 Å². The number of likely N-dealkylation sites (tertiary alicyclic amines) is 1. The number of nitrogens with zero attached hydrogens (tertiary/aromatic N) is 3. The summed E-state index contributed by atoms with van der Waals surface area (Å²) in [5, 5.41) is 21.4. The average molecular weight is 524 g/mol. The average Bonchev–Trinajstić information content (AvgIpc) is 3.54. The van der Waals surface area contributed by atoms with E-state index in [9.17, 15) is 19.8 Å². The smallest absolute Gasteiger partial charge is 0.295 e. The number of ketones is 1. The van der Waals surface area contributed by atoms with Gasteiger partial charge in [-0.3, -0.25) is 9.59 Å². The molecule has 1 atom stereocenters. The number of aliphatic hydroxyl groups excluding tert-OH is 1. The number of ether oxygens (including phenoxy) is 1. The Morgan fingerprint density at radius 1 is 1.00 bits per heavy atom. The molecule has 0 bridgehead atoms. The van der Waals surface area contributed by atoms with Crippen LogP contribution in [0, 0.1) is 6.92 Å². The summed E-state index contributed by atoms with van der Waals surface area (Å²) in [6.45, 7) is 3.31. The second kappa shape index (κ2) is 11.3. The molecule has 8 nitrogen and oxygen atoms in total. The third kappa shape index (κ3) is 5.70. The Morgan fingerprint density at radius 3 is 2.51 bits per heavy atom. The Hall–Kier alpha value is -4.85. The summed E-state index contributed by atoms with van der Waals surface area (Å²) < 4.78 is 7.77. The zero-order valence-corrected chi connectivity index (χ0v) is 21.5. The van der Waals surface area contributed by atoms with Gasteiger partial charge in [-0.15, -0.1) is 0 Å². The van der Waals surface area contributed by atoms with Crippen molar-refractivity contribution in [2.24, 2.45) is 0 Å². The summed E-state index contributed by atoms with van der Waals surface area (Å²) in [6, 6.07) is 20.4. The molecule has 1 fully saturated rings. The number of phenols is 1. The Morgan fingerprint density at radius 2 is 1.79 bits per heavy atom. The lowest BCUT2D eigenvalue weighted by Crippen LogP contribution is -2.31. The van der Waals surface area contributed by atoms with E-state index in [1.807, 2.05) is 35.9 Å². The quantitative estimate of drug-likeness (QED) is 0.182. The van der Waals surface area contributed by atoms with Crippen LogP contribution in [-0.4, -0.2) is 42.9 Å². The highest BCUT2D eigenvalue weighted by Gasteiger charge is 2.45. The molecule has 1 aliphatic rings. The van der Waals surface area contributed by atoms with Crippen LogP contribution in [0.25, 0.3) is 5.76 Å². The minimum Gasteiger partial charge on any atom is -0.508 e. The number of imidazole rings is 1. The minimum atomic E-state index is -0.836. The number of aromatic hydroxyl groups is 1. The lowest BCUT2D eigenvalue weighted by Gasteiger charge is -2.25. The normalized spacial score (nSPS) is 16.5. The molecule has 0 aliphatic carbocycles. The molecule has 2 N–H and O–H groups in total. The molecule has 5 rings (SSSR count). The van der Waals surface area contributed by atoms with Crippen LogP contribution in [0.15, 0.2) is 97.1 Å². The SMILES string of the molecule is Cc1cccc(COc2ccc(C(O)=C3C(=O)C(=O)N(CCCn4ccnc4)[C@@H]3c3cccc(O)c3)cc2)c1. The van der Waals surface area contributed by atoms with Gasteiger partial charge in [0.15, 0.2) is 0 Å². The number of hydrogen-bond donors (Lipinski definition) is 2. The maximum Gasteiger partial charge on any atom is 0.295 e. The molecule has 1 saturated heterocycles. The van der Waals surface area contributed by atoms with Crippen molar-refractivity contribution in [2.45, 2.75) is 32.5 Å². The molecule has 1 amide bonds. The molecule has 1 aromatic heterocycles. The maximum absolute atomic E-state index is 13.2. The van der Waals surface area contributed by atoms with Crippen molar-refractivity contribution in [3.8, 4) is 11.5 Å². The number of hydrogen-bond acceptors (Lipinski definition) is 6. The molecule has 3 aromatic carbocycles. The van der Waals surface area contributed by atoms with Gasteiger partial charge in [-0.05, 0) is 60.9 Å². The van der Waals surface area contributed by atoms with E-state index in [0.717, 1.165) is 11.1 Å². The number of carbonyl (C=O) groups is 2. The molecule has 1 aliphatic heterocycles. The van der Waals surface area contributed by atoms with Crippen molar-refractivity contribution in [3.05, 3.63) is 119 Å². The summed E-state index contributed by atoms with van der Waals surface area (Å²) in [6.07, 6.45) is 5.77. The largest absolute Gasteiger partial charge is 0.508 e. The maximum atomic E-state index is 13.2. The highest BCUT2D eigenvalue weighted by atomic mass is 16.5. The van der Waals surface area contributed by atoms with Crippen LogP contribution in [0.2, 0.25) is 0 Å². The molecular weight excluding hydrogens is 494 g/mol. The minimum absolute atomic E-state index is 0.00612. The van der Waals surface area contributed by atoms with Gasteiger partial charge in [-0.25, -0.2) is 4.98 Å². The lowest BCUT2D eigenvalue weighted by molar-refractivity contribution is -0.139. The van der Waals surface area contributed by atoms with Gasteiger partial charge in [-0.2, -0.15) is 0 Å². The molecule has 2 heterocycles. The Balaban J connectivity index is 1.41. The fraction of sp³-hybridized carbons (Fsp3) is 0.194. The highest BCUT2D eigenvalue weighted by Crippen LogP contribution is 2.40. The van der Waals surface area contributed by atoms with Crippen LogP contribution in [0.3, 0.4) is 0 Å². The van der Waals surface area contributed by atoms with Gasteiger partial charge in [0.2, 0.25) is 0 Å². The molecule has 0 spiro atoms. The summed E-state index contributed by atoms with van der Waals surface area (Å²) >= 11 is 0. The molecule has 0 saturated carbocycles. The number of benzene rings is 3. The van der Waals surface area contributed by atoms with Gasteiger partial charge in [0.05, 0.1) is 17.9 Å². The second-order valence-corrected chi connectivity index (χ2v) is 9.54. The van der Waals surface area contributed by atoms with Gasteiger partial charge < -0.3 is 24.4 Å². The topological polar surface area (TPSA) is 105 Å². The van der Waals surface area contributed by atoms with E-state index in [1.54, 1.807) is 48.9 Å². The Bertz CT molecular complexity index is 1510. The first-order valence-electron chi connectivity index (χ1n) is 12.7. The van der Waals surface area contributed by atoms with Crippen molar-refractivity contribution in [1.29, 1.82) is 0 Å². The number of aromatic nitrogens is 2. The summed E-state index contributed by atoms with van der Waals surface area (Å²) in [5.41, 5.74) is 3.11. The number of phenolic OH excluding ortho intramolecular Hbond substituents is 1. The number of rotatable bonds is 9. The standard InChI is InChI=1S/C31H29N3O5/c1-21-5-2-6-22(17-21)19-39-26-11-9-23(10-12-26)29(36)27-28(24-7-3-8-25(35)18-24)34(31(38)30(27)37)15-4-14-33-16-13-32-20-33/h2-3,5-13,16-18,20,28,35-36H,4,14-15,19H2,1H3/t28-/m1/s1. The molecule has 4 aromatic rings. The Kier molecular flexibility index (Phi) is 7.45. The predicted molar refractivity (Wildman–Crippen MR) is 146 cm³/mol. The zero-order valence-electron chi connectivity index (χ0n) is 21.5. The fourth-order valence-electron chi connectivity index (χ4n) is 4.83. The van der Waals surface area contributed by atoms with Crippen LogP contribution in [-0.2, 0) is 22.7 Å². The van der Waals surface area contributed by atoms with Gasteiger partial charge in [-0.1, -0.05) is 42.0 Å². The van der Waals surface area contributed by atoms with E-state index in [2.05, 4.69) is 11.1 Å². The highest BCUT2D eigenvalue weighted by molar-refractivity contribution is 6.46. The van der Waals surface area contributed by atoms with Gasteiger partial charge in [0.1, 0.15) is 23.9 Å². The number of carbonyl (C=O) groups excluding carboxylic acids is 2. The van der Waals surface area contributed by atoms with E-state index in [0.29, 0.717) is 36.4 Å². The molecule has 39 heavy (non-hydrogen) atoms. The Labute approximate surface area is 226 Å². The number of amides is 1. The van der Waals surface area contributed by atoms with Crippen molar-refractivity contribution in [3.63, 3.8) is 0 Å². The van der Waals surface area contributed by atoms with Crippen molar-refractivity contribution >= 4 is 17.4 Å². The molecule has 198 valence electrons. The number of aliphatic hydroxyl groups is 1. The molecule has 8 heteroatoms. The number of Topliss-reactive ketones (excluding diaryl/α,β-unsaturated/α-hetero) is 1. The van der Waals surface area contributed by atoms with E-state index < -0.39 is 17.7 Å². The molecule has 0 unspecified atom stereocenters. The van der Waals surface area contributed by atoms with Crippen LogP contribution in [0.4, 0.5) is 0 Å². The van der Waals surface area contributed by atoms with Crippen LogP contribution < -0.4 is 4.74 Å². The zero-order chi connectivity index (χ0) is 27.4. The molecular formula is C31H29N3O5. The van der Waals surface area contributed by atoms with Crippen LogP contribution in [0.5, 0.6) is 11.5 Å². The third-order valence-corrected chi connectivity index (χ3v) is 6.72. The van der Waals surface area contributed by atoms with Crippen LogP contribution in [0.1, 0.15) is 34.7 Å².